The molecule has 0 aliphatic rings. The van der Waals surface area contributed by atoms with Gasteiger partial charge < -0.3 is 0 Å². The van der Waals surface area contributed by atoms with Gasteiger partial charge in [0.15, 0.2) is 5.69 Å². The van der Waals surface area contributed by atoms with Gasteiger partial charge in [0, 0.05) is 6.54 Å². The molecule has 0 aliphatic heterocycles. The first-order valence-corrected chi connectivity index (χ1v) is 6.45. The lowest BCUT2D eigenvalue weighted by molar-refractivity contribution is 0.0948. The molecule has 0 atom stereocenters. The summed E-state index contributed by atoms with van der Waals surface area (Å²) >= 11 is 3.19. The van der Waals surface area contributed by atoms with Crippen LogP contribution in [0.15, 0.2) is 21.8 Å². The van der Waals surface area contributed by atoms with Crippen LogP contribution in [-0.2, 0) is 13.1 Å². The van der Waals surface area contributed by atoms with E-state index in [2.05, 4.69) is 31.2 Å². The van der Waals surface area contributed by atoms with Crippen LogP contribution in [0.1, 0.15) is 16.2 Å². The summed E-state index contributed by atoms with van der Waals surface area (Å²) in [5.74, 6) is 4.47. The number of aryl methyl sites for hydroxylation is 3. The highest BCUT2D eigenvalue weighted by atomic mass is 79.9. The second kappa shape index (κ2) is 5.92. The normalized spacial score (nSPS) is 10.6. The molecule has 0 saturated carbocycles. The number of rotatable bonds is 4. The maximum absolute atomic E-state index is 11.9. The highest BCUT2D eigenvalue weighted by Gasteiger charge is 2.09. The van der Waals surface area contributed by atoms with Gasteiger partial charge in [-0.3, -0.25) is 19.6 Å². The summed E-state index contributed by atoms with van der Waals surface area (Å²) in [4.78, 5) is 27.2. The molecule has 0 bridgehead atoms. The van der Waals surface area contributed by atoms with Crippen molar-refractivity contribution in [2.75, 3.05) is 0 Å². The SMILES string of the molecule is Cc1ncn(CCn2cc(C(=O)NN)nn2)c(=O)c1Br. The van der Waals surface area contributed by atoms with Gasteiger partial charge in [-0.05, 0) is 22.9 Å². The van der Waals surface area contributed by atoms with Crippen molar-refractivity contribution in [2.45, 2.75) is 20.0 Å². The molecule has 2 rings (SSSR count). The Hall–Kier alpha value is -2.07. The van der Waals surface area contributed by atoms with Gasteiger partial charge in [-0.25, -0.2) is 15.5 Å². The summed E-state index contributed by atoms with van der Waals surface area (Å²) in [5.41, 5.74) is 2.54. The van der Waals surface area contributed by atoms with Crippen LogP contribution >= 0.6 is 15.9 Å². The van der Waals surface area contributed by atoms with Crippen LogP contribution in [0.4, 0.5) is 0 Å². The molecule has 10 heteroatoms. The van der Waals surface area contributed by atoms with E-state index in [0.29, 0.717) is 23.3 Å². The Balaban J connectivity index is 2.10. The van der Waals surface area contributed by atoms with Gasteiger partial charge in [-0.15, -0.1) is 5.10 Å². The zero-order valence-corrected chi connectivity index (χ0v) is 12.2. The fourth-order valence-corrected chi connectivity index (χ4v) is 1.83. The van der Waals surface area contributed by atoms with Gasteiger partial charge >= 0.3 is 0 Å². The van der Waals surface area contributed by atoms with E-state index < -0.39 is 5.91 Å². The highest BCUT2D eigenvalue weighted by Crippen LogP contribution is 2.06. The summed E-state index contributed by atoms with van der Waals surface area (Å²) in [5, 5.41) is 7.43. The molecule has 2 aromatic heterocycles. The average Bonchev–Trinajstić information content (AvgIpc) is 2.92. The smallest absolute Gasteiger partial charge is 0.287 e. The van der Waals surface area contributed by atoms with Gasteiger partial charge in [0.25, 0.3) is 11.5 Å². The van der Waals surface area contributed by atoms with E-state index >= 15 is 0 Å². The largest absolute Gasteiger partial charge is 0.296 e. The molecule has 0 saturated heterocycles. The van der Waals surface area contributed by atoms with E-state index in [0.717, 1.165) is 0 Å². The molecule has 0 unspecified atom stereocenters. The molecule has 0 aromatic carbocycles. The fraction of sp³-hybridized carbons (Fsp3) is 0.300. The summed E-state index contributed by atoms with van der Waals surface area (Å²) < 4.78 is 3.33. The van der Waals surface area contributed by atoms with Crippen molar-refractivity contribution in [3.05, 3.63) is 38.7 Å². The molecule has 106 valence electrons. The number of nitrogen functional groups attached to an aromatic ring is 1. The number of aromatic nitrogens is 5. The van der Waals surface area contributed by atoms with E-state index in [9.17, 15) is 9.59 Å². The number of halogens is 1. The van der Waals surface area contributed by atoms with Gasteiger partial charge in [0.1, 0.15) is 4.47 Å². The highest BCUT2D eigenvalue weighted by molar-refractivity contribution is 9.10. The second-order valence-corrected chi connectivity index (χ2v) is 4.78. The minimum absolute atomic E-state index is 0.114. The molecule has 3 N–H and O–H groups in total. The lowest BCUT2D eigenvalue weighted by Gasteiger charge is -2.06. The van der Waals surface area contributed by atoms with E-state index in [1.54, 1.807) is 6.92 Å². The van der Waals surface area contributed by atoms with Gasteiger partial charge in [0.2, 0.25) is 0 Å². The third kappa shape index (κ3) is 2.91. The lowest BCUT2D eigenvalue weighted by atomic mass is 10.4. The number of hydrogen-bond acceptors (Lipinski definition) is 6. The van der Waals surface area contributed by atoms with Crippen molar-refractivity contribution in [3.63, 3.8) is 0 Å². The van der Waals surface area contributed by atoms with Gasteiger partial charge in [0.05, 0.1) is 24.8 Å². The average molecular weight is 342 g/mol. The molecule has 0 spiro atoms. The second-order valence-electron chi connectivity index (χ2n) is 3.98. The summed E-state index contributed by atoms with van der Waals surface area (Å²) in [6.07, 6.45) is 2.91. The third-order valence-electron chi connectivity index (χ3n) is 2.63. The Bertz CT molecular complexity index is 693. The number of amides is 1. The summed E-state index contributed by atoms with van der Waals surface area (Å²) in [7, 11) is 0. The molecule has 0 radical (unpaired) electrons. The Labute approximate surface area is 121 Å². The first-order valence-electron chi connectivity index (χ1n) is 5.65. The minimum Gasteiger partial charge on any atom is -0.296 e. The molecule has 2 aromatic rings. The number of hydrazine groups is 1. The molecular weight excluding hydrogens is 330 g/mol. The minimum atomic E-state index is -0.520. The Morgan fingerprint density at radius 1 is 1.50 bits per heavy atom. The van der Waals surface area contributed by atoms with Crippen LogP contribution in [0, 0.1) is 6.92 Å². The first kappa shape index (κ1) is 14.3. The van der Waals surface area contributed by atoms with E-state index in [4.69, 9.17) is 5.84 Å². The van der Waals surface area contributed by atoms with Crippen LogP contribution in [0.25, 0.3) is 0 Å². The topological polar surface area (TPSA) is 121 Å². The van der Waals surface area contributed by atoms with Crippen molar-refractivity contribution < 1.29 is 4.79 Å². The standard InChI is InChI=1S/C10H12BrN7O2/c1-6-8(11)10(20)17(5-13-6)2-3-18-4-7(15-16-18)9(19)14-12/h4-5H,2-3,12H2,1H3,(H,14,19). The maximum atomic E-state index is 11.9. The molecule has 20 heavy (non-hydrogen) atoms. The van der Waals surface area contributed by atoms with Crippen LogP contribution in [0.5, 0.6) is 0 Å². The van der Waals surface area contributed by atoms with E-state index in [-0.39, 0.29) is 11.3 Å². The molecule has 9 nitrogen and oxygen atoms in total. The number of nitrogens with one attached hydrogen (secondary N) is 1. The Morgan fingerprint density at radius 2 is 2.25 bits per heavy atom. The zero-order chi connectivity index (χ0) is 14.7. The van der Waals surface area contributed by atoms with Gasteiger partial charge in [-0.1, -0.05) is 5.21 Å². The number of carbonyl (C=O) groups is 1. The first-order chi connectivity index (χ1) is 9.52. The zero-order valence-electron chi connectivity index (χ0n) is 10.6. The summed E-state index contributed by atoms with van der Waals surface area (Å²) in [6, 6.07) is 0. The number of nitrogens with two attached hydrogens (primary N) is 1. The molecule has 1 amide bonds. The molecule has 0 aliphatic carbocycles. The third-order valence-corrected chi connectivity index (χ3v) is 3.54. The molecular formula is C10H12BrN7O2. The van der Waals surface area contributed by atoms with Crippen LogP contribution in [-0.4, -0.2) is 30.5 Å². The monoisotopic (exact) mass is 341 g/mol. The van der Waals surface area contributed by atoms with Crippen molar-refractivity contribution in [2.24, 2.45) is 5.84 Å². The van der Waals surface area contributed by atoms with Crippen molar-refractivity contribution >= 4 is 21.8 Å². The fourth-order valence-electron chi connectivity index (χ4n) is 1.50. The summed E-state index contributed by atoms with van der Waals surface area (Å²) in [6.45, 7) is 2.48. The van der Waals surface area contributed by atoms with Gasteiger partial charge in [-0.2, -0.15) is 0 Å². The predicted octanol–water partition coefficient (Wildman–Crippen LogP) is -0.791. The van der Waals surface area contributed by atoms with Crippen molar-refractivity contribution in [3.8, 4) is 0 Å². The predicted molar refractivity (Wildman–Crippen MR) is 72.6 cm³/mol. The lowest BCUT2D eigenvalue weighted by Crippen LogP contribution is -2.30. The number of carbonyl (C=O) groups excluding carboxylic acids is 1. The van der Waals surface area contributed by atoms with Crippen LogP contribution < -0.4 is 16.8 Å². The van der Waals surface area contributed by atoms with Crippen LogP contribution in [0.2, 0.25) is 0 Å². The number of hydrogen-bond donors (Lipinski definition) is 2. The van der Waals surface area contributed by atoms with Crippen molar-refractivity contribution in [1.82, 2.24) is 30.0 Å². The molecule has 0 fully saturated rings. The van der Waals surface area contributed by atoms with E-state index in [1.165, 1.54) is 21.8 Å². The number of nitrogens with zero attached hydrogens (tertiary/aromatic N) is 5. The molecule has 2 heterocycles. The maximum Gasteiger partial charge on any atom is 0.287 e. The van der Waals surface area contributed by atoms with Crippen LogP contribution in [0.3, 0.4) is 0 Å². The Morgan fingerprint density at radius 3 is 2.95 bits per heavy atom. The Kier molecular flexibility index (Phi) is 4.25. The van der Waals surface area contributed by atoms with Crippen molar-refractivity contribution in [1.29, 1.82) is 0 Å². The van der Waals surface area contributed by atoms with E-state index in [1.807, 2.05) is 5.43 Å². The quantitative estimate of drug-likeness (QED) is 0.427.